The number of hydrogen-bond acceptors (Lipinski definition) is 5. The summed E-state index contributed by atoms with van der Waals surface area (Å²) in [6, 6.07) is 9.36. The van der Waals surface area contributed by atoms with E-state index in [1.165, 1.54) is 36.9 Å². The lowest BCUT2D eigenvalue weighted by Crippen LogP contribution is -2.55. The van der Waals surface area contributed by atoms with Crippen LogP contribution in [0.5, 0.6) is 0 Å². The summed E-state index contributed by atoms with van der Waals surface area (Å²) < 4.78 is 0. The Kier molecular flexibility index (Phi) is 5.85. The Morgan fingerprint density at radius 2 is 1.90 bits per heavy atom. The summed E-state index contributed by atoms with van der Waals surface area (Å²) in [7, 11) is 1.99. The number of amidine groups is 1. The third-order valence-corrected chi connectivity index (χ3v) is 8.14. The molecule has 5 nitrogen and oxygen atoms in total. The Morgan fingerprint density at radius 1 is 1.24 bits per heavy atom. The molecule has 6 heteroatoms. The second-order valence-electron chi connectivity index (χ2n) is 9.07. The minimum Gasteiger partial charge on any atom is -0.362 e. The van der Waals surface area contributed by atoms with Crippen LogP contribution in [0.3, 0.4) is 0 Å². The van der Waals surface area contributed by atoms with Crippen molar-refractivity contribution < 1.29 is 0 Å². The van der Waals surface area contributed by atoms with Gasteiger partial charge in [0.25, 0.3) is 0 Å². The first kappa shape index (κ1) is 20.6. The molecular formula is C23H35N5S. The van der Waals surface area contributed by atoms with Crippen molar-refractivity contribution >= 4 is 24.2 Å². The molecule has 0 bridgehead atoms. The Bertz CT molecular complexity index is 762. The van der Waals surface area contributed by atoms with Crippen molar-refractivity contribution in [3.8, 4) is 0 Å². The van der Waals surface area contributed by atoms with Crippen molar-refractivity contribution in [2.24, 2.45) is 5.92 Å². The number of nitrogens with zero attached hydrogens (tertiary/aromatic N) is 2. The minimum absolute atomic E-state index is 0.0209. The molecule has 1 aromatic carbocycles. The number of likely N-dealkylation sites (tertiary alicyclic amines) is 1. The van der Waals surface area contributed by atoms with Crippen LogP contribution in [0.25, 0.3) is 0 Å². The topological polar surface area (TPSA) is 54.4 Å². The highest BCUT2D eigenvalue weighted by Crippen LogP contribution is 2.42. The fraction of sp³-hybridized carbons (Fsp3) is 0.609. The van der Waals surface area contributed by atoms with Gasteiger partial charge in [0.2, 0.25) is 0 Å². The average Bonchev–Trinajstić information content (AvgIpc) is 2.73. The summed E-state index contributed by atoms with van der Waals surface area (Å²) in [6.45, 7) is 8.27. The summed E-state index contributed by atoms with van der Waals surface area (Å²) in [5.74, 6) is 2.10. The molecule has 3 N–H and O–H groups in total. The van der Waals surface area contributed by atoms with Crippen LogP contribution in [0.15, 0.2) is 36.7 Å². The Balaban J connectivity index is 1.36. The number of thiol groups is 1. The van der Waals surface area contributed by atoms with Crippen molar-refractivity contribution in [2.75, 3.05) is 25.5 Å². The average molecular weight is 414 g/mol. The highest BCUT2D eigenvalue weighted by molar-refractivity contribution is 7.80. The third-order valence-electron chi connectivity index (χ3n) is 7.38. The van der Waals surface area contributed by atoms with Gasteiger partial charge in [-0.1, -0.05) is 24.8 Å². The highest BCUT2D eigenvalue weighted by Gasteiger charge is 2.42. The van der Waals surface area contributed by atoms with Gasteiger partial charge in [0, 0.05) is 37.4 Å². The molecule has 1 saturated carbocycles. The molecule has 1 saturated heterocycles. The maximum Gasteiger partial charge on any atom is 0.0964 e. The number of rotatable bonds is 3. The van der Waals surface area contributed by atoms with Crippen LogP contribution in [-0.4, -0.2) is 47.2 Å². The van der Waals surface area contributed by atoms with Crippen molar-refractivity contribution in [3.63, 3.8) is 0 Å². The van der Waals surface area contributed by atoms with Gasteiger partial charge >= 0.3 is 0 Å². The standard InChI is InChI=1S/C23H35N5S/c1-16(24)27(3)22(29)18-8-10-19(11-9-18)28-14-12-23(13-15-28)20-6-4-5-7-21(20)25-17(2)26-23/h4-7,18-19,22,24-26,29H,2,8-15H2,1,3H3. The second-order valence-corrected chi connectivity index (χ2v) is 9.60. The predicted octanol–water partition coefficient (Wildman–Crippen LogP) is 4.21. The summed E-state index contributed by atoms with van der Waals surface area (Å²) in [6.07, 6.45) is 7.15. The van der Waals surface area contributed by atoms with Gasteiger partial charge in [-0.25, -0.2) is 0 Å². The van der Waals surface area contributed by atoms with Gasteiger partial charge in [0.05, 0.1) is 22.6 Å². The van der Waals surface area contributed by atoms with E-state index < -0.39 is 0 Å². The molecule has 1 aliphatic carbocycles. The van der Waals surface area contributed by atoms with Crippen molar-refractivity contribution in [1.29, 1.82) is 5.41 Å². The molecule has 0 radical (unpaired) electrons. The molecule has 3 aliphatic rings. The van der Waals surface area contributed by atoms with Gasteiger partial charge in [-0.2, -0.15) is 12.6 Å². The van der Waals surface area contributed by atoms with Crippen LogP contribution >= 0.6 is 12.6 Å². The summed E-state index contributed by atoms with van der Waals surface area (Å²) >= 11 is 4.81. The van der Waals surface area contributed by atoms with Gasteiger partial charge in [-0.3, -0.25) is 5.41 Å². The zero-order valence-corrected chi connectivity index (χ0v) is 18.6. The Labute approximate surface area is 180 Å². The maximum absolute atomic E-state index is 7.86. The van der Waals surface area contributed by atoms with Crippen LogP contribution in [0.1, 0.15) is 51.0 Å². The molecule has 0 aromatic heterocycles. The van der Waals surface area contributed by atoms with E-state index in [4.69, 9.17) is 18.0 Å². The fourth-order valence-electron chi connectivity index (χ4n) is 5.50. The first-order valence-corrected chi connectivity index (χ1v) is 11.4. The van der Waals surface area contributed by atoms with E-state index in [2.05, 4.69) is 46.4 Å². The van der Waals surface area contributed by atoms with Crippen molar-refractivity contribution in [3.05, 3.63) is 42.2 Å². The molecule has 29 heavy (non-hydrogen) atoms. The number of anilines is 1. The van der Waals surface area contributed by atoms with E-state index in [1.54, 1.807) is 0 Å². The zero-order valence-electron chi connectivity index (χ0n) is 17.7. The van der Waals surface area contributed by atoms with E-state index in [9.17, 15) is 0 Å². The molecule has 2 heterocycles. The van der Waals surface area contributed by atoms with Crippen LogP contribution < -0.4 is 10.6 Å². The molecular weight excluding hydrogens is 378 g/mol. The SMILES string of the molecule is C=C1Nc2ccccc2C2(CCN(C3CCC(C(S)N(C)C(C)=N)CC3)CC2)N1. The maximum atomic E-state index is 7.86. The smallest absolute Gasteiger partial charge is 0.0964 e. The molecule has 2 aliphatic heterocycles. The number of benzene rings is 1. The van der Waals surface area contributed by atoms with Gasteiger partial charge < -0.3 is 20.4 Å². The minimum atomic E-state index is 0.0209. The lowest BCUT2D eigenvalue weighted by atomic mass is 9.77. The molecule has 1 spiro atoms. The van der Waals surface area contributed by atoms with E-state index >= 15 is 0 Å². The van der Waals surface area contributed by atoms with Crippen molar-refractivity contribution in [2.45, 2.75) is 62.4 Å². The lowest BCUT2D eigenvalue weighted by Gasteiger charge is -2.49. The van der Waals surface area contributed by atoms with E-state index in [1.807, 2.05) is 18.9 Å². The quantitative estimate of drug-likeness (QED) is 0.260. The summed E-state index contributed by atoms with van der Waals surface area (Å²) in [4.78, 5) is 4.72. The number of fused-ring (bicyclic) bond motifs is 2. The lowest BCUT2D eigenvalue weighted by molar-refractivity contribution is 0.0697. The monoisotopic (exact) mass is 413 g/mol. The first-order chi connectivity index (χ1) is 13.9. The molecule has 158 valence electrons. The molecule has 2 fully saturated rings. The summed E-state index contributed by atoms with van der Waals surface area (Å²) in [5.41, 5.74) is 2.61. The molecule has 1 atom stereocenters. The predicted molar refractivity (Wildman–Crippen MR) is 125 cm³/mol. The Morgan fingerprint density at radius 3 is 2.55 bits per heavy atom. The number of piperidine rings is 1. The van der Waals surface area contributed by atoms with E-state index in [0.717, 1.165) is 31.8 Å². The van der Waals surface area contributed by atoms with Gasteiger partial charge in [-0.15, -0.1) is 0 Å². The third kappa shape index (κ3) is 4.02. The van der Waals surface area contributed by atoms with Crippen LogP contribution in [0.4, 0.5) is 5.69 Å². The molecule has 0 amide bonds. The number of hydrogen-bond donors (Lipinski definition) is 4. The fourth-order valence-corrected chi connectivity index (χ4v) is 5.98. The molecule has 1 unspecified atom stereocenters. The van der Waals surface area contributed by atoms with Crippen LogP contribution in [0.2, 0.25) is 0 Å². The van der Waals surface area contributed by atoms with E-state index in [0.29, 0.717) is 17.8 Å². The van der Waals surface area contributed by atoms with Crippen LogP contribution in [-0.2, 0) is 5.54 Å². The molecule has 4 rings (SSSR count). The van der Waals surface area contributed by atoms with Gasteiger partial charge in [0.15, 0.2) is 0 Å². The summed E-state index contributed by atoms with van der Waals surface area (Å²) in [5, 5.41) is 15.1. The largest absolute Gasteiger partial charge is 0.362 e. The van der Waals surface area contributed by atoms with Gasteiger partial charge in [-0.05, 0) is 57.4 Å². The number of nitrogens with one attached hydrogen (secondary N) is 3. The van der Waals surface area contributed by atoms with E-state index in [-0.39, 0.29) is 10.9 Å². The Hall–Kier alpha value is -1.66. The van der Waals surface area contributed by atoms with Gasteiger partial charge in [0.1, 0.15) is 0 Å². The van der Waals surface area contributed by atoms with Crippen LogP contribution in [0, 0.1) is 11.3 Å². The zero-order chi connectivity index (χ0) is 20.6. The van der Waals surface area contributed by atoms with Crippen molar-refractivity contribution in [1.82, 2.24) is 15.1 Å². The number of para-hydroxylation sites is 1. The normalized spacial score (nSPS) is 27.5. The second kappa shape index (κ2) is 8.23. The first-order valence-electron chi connectivity index (χ1n) is 10.9. The molecule has 1 aromatic rings. The highest BCUT2D eigenvalue weighted by atomic mass is 32.1.